The van der Waals surface area contributed by atoms with Gasteiger partial charge in [0.15, 0.2) is 5.78 Å². The molecule has 4 bridgehead atoms. The highest BCUT2D eigenvalue weighted by molar-refractivity contribution is 6.08. The molecule has 0 unspecified atom stereocenters. The van der Waals surface area contributed by atoms with Crippen LogP contribution in [0.5, 0.6) is 0 Å². The Kier molecular flexibility index (Phi) is 3.20. The Labute approximate surface area is 144 Å². The molecular weight excluding hydrogens is 292 g/mol. The van der Waals surface area contributed by atoms with Crippen LogP contribution in [0.3, 0.4) is 0 Å². The fraction of sp³-hybridized carbons (Fsp3) is 0.435. The lowest BCUT2D eigenvalue weighted by molar-refractivity contribution is -0.00519. The second kappa shape index (κ2) is 5.31. The highest BCUT2D eigenvalue weighted by atomic mass is 16.1. The van der Waals surface area contributed by atoms with Gasteiger partial charge in [-0.25, -0.2) is 0 Å². The summed E-state index contributed by atoms with van der Waals surface area (Å²) in [5.41, 5.74) is 3.50. The minimum absolute atomic E-state index is 0.132. The molecule has 1 heteroatoms. The lowest BCUT2D eigenvalue weighted by Gasteiger charge is -2.57. The summed E-state index contributed by atoms with van der Waals surface area (Å²) in [7, 11) is 0. The third-order valence-corrected chi connectivity index (χ3v) is 6.83. The van der Waals surface area contributed by atoms with Gasteiger partial charge in [0.2, 0.25) is 0 Å². The van der Waals surface area contributed by atoms with Crippen molar-refractivity contribution in [2.45, 2.75) is 43.9 Å². The Morgan fingerprint density at radius 3 is 1.75 bits per heavy atom. The van der Waals surface area contributed by atoms with Gasteiger partial charge in [0.05, 0.1) is 0 Å². The lowest BCUT2D eigenvalue weighted by Crippen LogP contribution is -2.48. The molecule has 4 saturated carbocycles. The molecule has 6 rings (SSSR count). The van der Waals surface area contributed by atoms with Crippen LogP contribution in [-0.2, 0) is 5.41 Å². The molecule has 4 aliphatic rings. The molecule has 2 aromatic rings. The van der Waals surface area contributed by atoms with Gasteiger partial charge in [0, 0.05) is 11.1 Å². The molecule has 4 fully saturated rings. The van der Waals surface area contributed by atoms with Crippen LogP contribution in [0.2, 0.25) is 0 Å². The van der Waals surface area contributed by atoms with Crippen molar-refractivity contribution in [3.63, 3.8) is 0 Å². The third-order valence-electron chi connectivity index (χ3n) is 6.83. The first-order chi connectivity index (χ1) is 11.7. The van der Waals surface area contributed by atoms with Gasteiger partial charge in [0.1, 0.15) is 0 Å². The van der Waals surface area contributed by atoms with Crippen molar-refractivity contribution >= 4 is 5.78 Å². The minimum Gasteiger partial charge on any atom is -0.289 e. The summed E-state index contributed by atoms with van der Waals surface area (Å²) in [5.74, 6) is 3.01. The van der Waals surface area contributed by atoms with E-state index < -0.39 is 0 Å². The molecule has 1 nitrogen and oxygen atoms in total. The van der Waals surface area contributed by atoms with Gasteiger partial charge in [0.25, 0.3) is 0 Å². The van der Waals surface area contributed by atoms with Crippen LogP contribution in [0.4, 0.5) is 0 Å². The second-order valence-corrected chi connectivity index (χ2v) is 8.47. The van der Waals surface area contributed by atoms with Crippen molar-refractivity contribution in [3.8, 4) is 0 Å². The molecule has 24 heavy (non-hydrogen) atoms. The first kappa shape index (κ1) is 14.5. The van der Waals surface area contributed by atoms with Crippen LogP contribution in [0.1, 0.15) is 60.0 Å². The molecule has 122 valence electrons. The van der Waals surface area contributed by atoms with Gasteiger partial charge in [-0.2, -0.15) is 0 Å². The number of carbonyl (C=O) groups is 1. The van der Waals surface area contributed by atoms with E-state index in [0.717, 1.165) is 28.9 Å². The first-order valence-electron chi connectivity index (χ1n) is 9.42. The van der Waals surface area contributed by atoms with Crippen LogP contribution in [-0.4, -0.2) is 5.78 Å². The SMILES string of the molecule is O=C(c1ccccc1)c1ccc(C23CC4CC(CC(C4)C2)C3)cc1. The molecule has 0 N–H and O–H groups in total. The van der Waals surface area contributed by atoms with Gasteiger partial charge in [-0.3, -0.25) is 4.79 Å². The summed E-state index contributed by atoms with van der Waals surface area (Å²) in [4.78, 5) is 12.6. The maximum atomic E-state index is 12.6. The molecule has 0 spiro atoms. The van der Waals surface area contributed by atoms with Crippen molar-refractivity contribution in [3.05, 3.63) is 71.3 Å². The summed E-state index contributed by atoms with van der Waals surface area (Å²) < 4.78 is 0. The van der Waals surface area contributed by atoms with Crippen LogP contribution < -0.4 is 0 Å². The Morgan fingerprint density at radius 2 is 1.21 bits per heavy atom. The molecule has 0 aliphatic heterocycles. The fourth-order valence-electron chi connectivity index (χ4n) is 6.20. The quantitative estimate of drug-likeness (QED) is 0.694. The zero-order chi connectivity index (χ0) is 16.1. The van der Waals surface area contributed by atoms with E-state index >= 15 is 0 Å². The van der Waals surface area contributed by atoms with Gasteiger partial charge in [-0.15, -0.1) is 0 Å². The Bertz CT molecular complexity index is 721. The number of hydrogen-bond donors (Lipinski definition) is 0. The number of benzene rings is 2. The molecule has 0 saturated heterocycles. The predicted octanol–water partition coefficient (Wildman–Crippen LogP) is 5.39. The Morgan fingerprint density at radius 1 is 0.708 bits per heavy atom. The molecule has 0 aromatic heterocycles. The Balaban J connectivity index is 1.44. The van der Waals surface area contributed by atoms with Gasteiger partial charge in [-0.05, 0) is 67.3 Å². The zero-order valence-corrected chi connectivity index (χ0v) is 14.1. The van der Waals surface area contributed by atoms with E-state index in [2.05, 4.69) is 24.3 Å². The lowest BCUT2D eigenvalue weighted by atomic mass is 9.48. The van der Waals surface area contributed by atoms with E-state index in [1.165, 1.54) is 44.1 Å². The standard InChI is InChI=1S/C23H24O/c24-22(19-4-2-1-3-5-19)20-6-8-21(9-7-20)23-13-16-10-17(14-23)12-18(11-16)15-23/h1-9,16-18H,10-15H2. The highest BCUT2D eigenvalue weighted by Gasteiger charge is 2.51. The number of carbonyl (C=O) groups excluding carboxylic acids is 1. The summed E-state index contributed by atoms with van der Waals surface area (Å²) in [5, 5.41) is 0. The van der Waals surface area contributed by atoms with Crippen LogP contribution in [0.25, 0.3) is 0 Å². The predicted molar refractivity (Wildman–Crippen MR) is 96.2 cm³/mol. The highest BCUT2D eigenvalue weighted by Crippen LogP contribution is 2.60. The second-order valence-electron chi connectivity index (χ2n) is 8.47. The molecule has 4 aliphatic carbocycles. The molecule has 0 atom stereocenters. The van der Waals surface area contributed by atoms with E-state index in [0.29, 0.717) is 5.41 Å². The van der Waals surface area contributed by atoms with E-state index in [-0.39, 0.29) is 5.78 Å². The summed E-state index contributed by atoms with van der Waals surface area (Å²) in [6.45, 7) is 0. The van der Waals surface area contributed by atoms with Crippen molar-refractivity contribution in [1.82, 2.24) is 0 Å². The fourth-order valence-corrected chi connectivity index (χ4v) is 6.20. The van der Waals surface area contributed by atoms with Crippen molar-refractivity contribution < 1.29 is 4.79 Å². The Hall–Kier alpha value is -1.89. The molecule has 0 radical (unpaired) electrons. The minimum atomic E-state index is 0.132. The largest absolute Gasteiger partial charge is 0.289 e. The summed E-state index contributed by atoms with van der Waals surface area (Å²) >= 11 is 0. The van der Waals surface area contributed by atoms with Crippen molar-refractivity contribution in [2.24, 2.45) is 17.8 Å². The van der Waals surface area contributed by atoms with Crippen LogP contribution >= 0.6 is 0 Å². The zero-order valence-electron chi connectivity index (χ0n) is 14.1. The van der Waals surface area contributed by atoms with Crippen molar-refractivity contribution in [1.29, 1.82) is 0 Å². The average molecular weight is 316 g/mol. The summed E-state index contributed by atoms with van der Waals surface area (Å²) in [6.07, 6.45) is 8.57. The van der Waals surface area contributed by atoms with E-state index in [9.17, 15) is 4.79 Å². The first-order valence-corrected chi connectivity index (χ1v) is 9.42. The van der Waals surface area contributed by atoms with Gasteiger partial charge >= 0.3 is 0 Å². The van der Waals surface area contributed by atoms with Gasteiger partial charge < -0.3 is 0 Å². The maximum absolute atomic E-state index is 12.6. The molecule has 2 aromatic carbocycles. The summed E-state index contributed by atoms with van der Waals surface area (Å²) in [6, 6.07) is 18.2. The maximum Gasteiger partial charge on any atom is 0.193 e. The van der Waals surface area contributed by atoms with E-state index in [4.69, 9.17) is 0 Å². The normalized spacial score (nSPS) is 33.6. The van der Waals surface area contributed by atoms with Gasteiger partial charge in [-0.1, -0.05) is 54.6 Å². The molecular formula is C23H24O. The number of rotatable bonds is 3. The van der Waals surface area contributed by atoms with Crippen LogP contribution in [0.15, 0.2) is 54.6 Å². The third kappa shape index (κ3) is 2.25. The number of ketones is 1. The smallest absolute Gasteiger partial charge is 0.193 e. The van der Waals surface area contributed by atoms with E-state index in [1.807, 2.05) is 30.3 Å². The van der Waals surface area contributed by atoms with E-state index in [1.54, 1.807) is 0 Å². The van der Waals surface area contributed by atoms with Crippen molar-refractivity contribution in [2.75, 3.05) is 0 Å². The topological polar surface area (TPSA) is 17.1 Å². The monoisotopic (exact) mass is 316 g/mol. The van der Waals surface area contributed by atoms with Crippen LogP contribution in [0, 0.1) is 17.8 Å². The number of hydrogen-bond acceptors (Lipinski definition) is 1. The average Bonchev–Trinajstić information content (AvgIpc) is 2.61. The molecule has 0 heterocycles. The molecule has 0 amide bonds.